The van der Waals surface area contributed by atoms with E-state index in [1.165, 1.54) is 18.7 Å². The molecular formula is C16H19N7O2S. The van der Waals surface area contributed by atoms with Crippen molar-refractivity contribution < 1.29 is 9.32 Å². The van der Waals surface area contributed by atoms with Crippen LogP contribution >= 0.6 is 11.8 Å². The molecule has 1 aromatic carbocycles. The van der Waals surface area contributed by atoms with Gasteiger partial charge in [0.15, 0.2) is 5.82 Å². The zero-order valence-electron chi connectivity index (χ0n) is 14.7. The number of anilines is 1. The number of thioether (sulfide) groups is 1. The Kier molecular flexibility index (Phi) is 5.61. The van der Waals surface area contributed by atoms with E-state index < -0.39 is 0 Å². The van der Waals surface area contributed by atoms with Crippen molar-refractivity contribution in [1.82, 2.24) is 30.3 Å². The van der Waals surface area contributed by atoms with Gasteiger partial charge in [0.2, 0.25) is 17.0 Å². The molecule has 0 atom stereocenters. The molecule has 0 saturated carbocycles. The molecule has 10 heteroatoms. The van der Waals surface area contributed by atoms with E-state index in [2.05, 4.69) is 44.8 Å². The predicted octanol–water partition coefficient (Wildman–Crippen LogP) is 2.49. The lowest BCUT2D eigenvalue weighted by Crippen LogP contribution is -2.07. The summed E-state index contributed by atoms with van der Waals surface area (Å²) in [7, 11) is 0. The minimum Gasteiger partial charge on any atom is -0.339 e. The minimum absolute atomic E-state index is 0.136. The van der Waals surface area contributed by atoms with Gasteiger partial charge >= 0.3 is 0 Å². The predicted molar refractivity (Wildman–Crippen MR) is 95.9 cm³/mol. The second-order valence-corrected chi connectivity index (χ2v) is 7.04. The molecule has 0 unspecified atom stereocenters. The first-order valence-corrected chi connectivity index (χ1v) is 9.10. The molecular weight excluding hydrogens is 354 g/mol. The molecule has 0 fully saturated rings. The summed E-state index contributed by atoms with van der Waals surface area (Å²) in [5.41, 5.74) is 1.43. The number of rotatable bonds is 7. The van der Waals surface area contributed by atoms with Gasteiger partial charge in [-0.25, -0.2) is 0 Å². The number of benzene rings is 1. The van der Waals surface area contributed by atoms with Crippen LogP contribution in [0.15, 0.2) is 33.9 Å². The lowest BCUT2D eigenvalue weighted by molar-refractivity contribution is -0.114. The minimum atomic E-state index is -0.136. The summed E-state index contributed by atoms with van der Waals surface area (Å²) < 4.78 is 6.84. The molecule has 3 aromatic rings. The summed E-state index contributed by atoms with van der Waals surface area (Å²) >= 11 is 1.41. The fourth-order valence-electron chi connectivity index (χ4n) is 2.26. The Labute approximate surface area is 154 Å². The Hall–Kier alpha value is -2.75. The summed E-state index contributed by atoms with van der Waals surface area (Å²) in [5.74, 6) is 2.06. The molecule has 0 aliphatic heterocycles. The van der Waals surface area contributed by atoms with Gasteiger partial charge in [-0.05, 0) is 34.5 Å². The maximum atomic E-state index is 11.2. The van der Waals surface area contributed by atoms with Crippen molar-refractivity contribution in [2.24, 2.45) is 5.92 Å². The highest BCUT2D eigenvalue weighted by Crippen LogP contribution is 2.23. The first kappa shape index (κ1) is 18.1. The third-order valence-electron chi connectivity index (χ3n) is 3.28. The molecule has 0 aliphatic carbocycles. The fraction of sp³-hybridized carbons (Fsp3) is 0.375. The second-order valence-electron chi connectivity index (χ2n) is 6.10. The van der Waals surface area contributed by atoms with Crippen LogP contribution in [0.1, 0.15) is 32.5 Å². The molecule has 1 amide bonds. The molecule has 0 radical (unpaired) electrons. The van der Waals surface area contributed by atoms with Crippen molar-refractivity contribution in [3.05, 3.63) is 36.0 Å². The van der Waals surface area contributed by atoms with Crippen LogP contribution in [-0.2, 0) is 17.0 Å². The largest absolute Gasteiger partial charge is 0.339 e. The Morgan fingerprint density at radius 2 is 2.23 bits per heavy atom. The molecule has 26 heavy (non-hydrogen) atoms. The SMILES string of the molecule is CC(=O)Nc1cccc(-n2nnnc2SCc2noc(CC(C)C)n2)c1. The Morgan fingerprint density at radius 1 is 1.38 bits per heavy atom. The van der Waals surface area contributed by atoms with E-state index >= 15 is 0 Å². The van der Waals surface area contributed by atoms with E-state index in [0.717, 1.165) is 12.1 Å². The van der Waals surface area contributed by atoms with E-state index in [9.17, 15) is 4.79 Å². The van der Waals surface area contributed by atoms with Gasteiger partial charge in [-0.1, -0.05) is 36.8 Å². The Bertz CT molecular complexity index is 890. The van der Waals surface area contributed by atoms with Crippen molar-refractivity contribution in [3.63, 3.8) is 0 Å². The van der Waals surface area contributed by atoms with E-state index in [-0.39, 0.29) is 5.91 Å². The van der Waals surface area contributed by atoms with Crippen LogP contribution in [0, 0.1) is 5.92 Å². The molecule has 3 rings (SSSR count). The van der Waals surface area contributed by atoms with Gasteiger partial charge in [-0.2, -0.15) is 9.67 Å². The summed E-state index contributed by atoms with van der Waals surface area (Å²) in [4.78, 5) is 15.6. The highest BCUT2D eigenvalue weighted by molar-refractivity contribution is 7.98. The molecule has 2 heterocycles. The molecule has 0 aliphatic rings. The number of hydrogen-bond acceptors (Lipinski definition) is 8. The number of carbonyl (C=O) groups excluding carboxylic acids is 1. The normalized spacial score (nSPS) is 11.1. The highest BCUT2D eigenvalue weighted by atomic mass is 32.2. The van der Waals surface area contributed by atoms with Gasteiger partial charge < -0.3 is 9.84 Å². The first-order valence-electron chi connectivity index (χ1n) is 8.12. The third-order valence-corrected chi connectivity index (χ3v) is 4.19. The van der Waals surface area contributed by atoms with Crippen molar-refractivity contribution in [1.29, 1.82) is 0 Å². The highest BCUT2D eigenvalue weighted by Gasteiger charge is 2.13. The zero-order chi connectivity index (χ0) is 18.5. The number of amides is 1. The van der Waals surface area contributed by atoms with Gasteiger partial charge in [0, 0.05) is 19.0 Å². The summed E-state index contributed by atoms with van der Waals surface area (Å²) in [5, 5.41) is 19.1. The van der Waals surface area contributed by atoms with Gasteiger partial charge in [0.1, 0.15) is 0 Å². The Balaban J connectivity index is 1.71. The second kappa shape index (κ2) is 8.09. The van der Waals surface area contributed by atoms with Crippen molar-refractivity contribution >= 4 is 23.4 Å². The van der Waals surface area contributed by atoms with Gasteiger partial charge in [-0.3, -0.25) is 4.79 Å². The molecule has 0 saturated heterocycles. The molecule has 136 valence electrons. The Morgan fingerprint density at radius 3 is 3.00 bits per heavy atom. The average molecular weight is 373 g/mol. The van der Waals surface area contributed by atoms with Gasteiger partial charge in [0.25, 0.3) is 0 Å². The maximum Gasteiger partial charge on any atom is 0.226 e. The van der Waals surface area contributed by atoms with Crippen LogP contribution in [0.2, 0.25) is 0 Å². The molecule has 2 aromatic heterocycles. The summed E-state index contributed by atoms with van der Waals surface area (Å²) in [6.45, 7) is 5.66. The zero-order valence-corrected chi connectivity index (χ0v) is 15.5. The first-order chi connectivity index (χ1) is 12.5. The lowest BCUT2D eigenvalue weighted by Gasteiger charge is -2.06. The van der Waals surface area contributed by atoms with E-state index in [1.807, 2.05) is 12.1 Å². The van der Waals surface area contributed by atoms with Crippen molar-refractivity contribution in [2.45, 2.75) is 38.1 Å². The van der Waals surface area contributed by atoms with Crippen molar-refractivity contribution in [2.75, 3.05) is 5.32 Å². The molecule has 0 spiro atoms. The average Bonchev–Trinajstić information content (AvgIpc) is 3.21. The monoisotopic (exact) mass is 373 g/mol. The number of hydrogen-bond donors (Lipinski definition) is 1. The van der Waals surface area contributed by atoms with Gasteiger partial charge in [0.05, 0.1) is 11.4 Å². The number of nitrogens with one attached hydrogen (secondary N) is 1. The van der Waals surface area contributed by atoms with Crippen LogP contribution < -0.4 is 5.32 Å². The number of aromatic nitrogens is 6. The van der Waals surface area contributed by atoms with Crippen LogP contribution in [0.25, 0.3) is 5.69 Å². The topological polar surface area (TPSA) is 112 Å². The molecule has 9 nitrogen and oxygen atoms in total. The smallest absolute Gasteiger partial charge is 0.226 e. The number of tetrazole rings is 1. The summed E-state index contributed by atoms with van der Waals surface area (Å²) in [6, 6.07) is 7.30. The van der Waals surface area contributed by atoms with Crippen molar-refractivity contribution in [3.8, 4) is 5.69 Å². The van der Waals surface area contributed by atoms with Crippen LogP contribution in [0.4, 0.5) is 5.69 Å². The lowest BCUT2D eigenvalue weighted by atomic mass is 10.1. The number of carbonyl (C=O) groups is 1. The van der Waals surface area contributed by atoms with E-state index in [4.69, 9.17) is 4.52 Å². The van der Waals surface area contributed by atoms with Crippen LogP contribution in [0.5, 0.6) is 0 Å². The van der Waals surface area contributed by atoms with E-state index in [1.54, 1.807) is 16.8 Å². The van der Waals surface area contributed by atoms with Crippen LogP contribution in [-0.4, -0.2) is 36.3 Å². The van der Waals surface area contributed by atoms with E-state index in [0.29, 0.717) is 34.2 Å². The quantitative estimate of drug-likeness (QED) is 0.629. The summed E-state index contributed by atoms with van der Waals surface area (Å²) in [6.07, 6.45) is 0.755. The third kappa shape index (κ3) is 4.66. The number of nitrogens with zero attached hydrogens (tertiary/aromatic N) is 6. The molecule has 0 bridgehead atoms. The fourth-order valence-corrected chi connectivity index (χ4v) is 2.99. The maximum absolute atomic E-state index is 11.2. The standard InChI is InChI=1S/C16H19N7O2S/c1-10(2)7-15-18-14(20-25-15)9-26-16-19-21-22-23(16)13-6-4-5-12(8-13)17-11(3)24/h4-6,8,10H,7,9H2,1-3H3,(H,17,24). The van der Waals surface area contributed by atoms with Gasteiger partial charge in [-0.15, -0.1) is 5.10 Å². The molecule has 1 N–H and O–H groups in total. The van der Waals surface area contributed by atoms with Crippen LogP contribution in [0.3, 0.4) is 0 Å².